The first-order valence-electron chi connectivity index (χ1n) is 7.94. The van der Waals surface area contributed by atoms with Gasteiger partial charge in [0.05, 0.1) is 19.6 Å². The Morgan fingerprint density at radius 2 is 1.68 bits per heavy atom. The van der Waals surface area contributed by atoms with Crippen molar-refractivity contribution in [2.24, 2.45) is 0 Å². The van der Waals surface area contributed by atoms with Gasteiger partial charge in [0.1, 0.15) is 5.75 Å². The number of ether oxygens (including phenoxy) is 1. The van der Waals surface area contributed by atoms with Gasteiger partial charge in [0, 0.05) is 11.5 Å². The molecule has 0 fully saturated rings. The first-order valence-corrected chi connectivity index (χ1v) is 7.94. The van der Waals surface area contributed by atoms with Crippen LogP contribution in [0, 0.1) is 0 Å². The lowest BCUT2D eigenvalue weighted by Gasteiger charge is -2.18. The van der Waals surface area contributed by atoms with E-state index in [2.05, 4.69) is 0 Å². The molecule has 0 aliphatic heterocycles. The molecule has 0 amide bonds. The van der Waals surface area contributed by atoms with Crippen LogP contribution in [0.25, 0.3) is 5.57 Å². The third-order valence-electron chi connectivity index (χ3n) is 4.22. The second-order valence-electron chi connectivity index (χ2n) is 5.69. The molecule has 1 heterocycles. The van der Waals surface area contributed by atoms with Gasteiger partial charge in [-0.25, -0.2) is 0 Å². The summed E-state index contributed by atoms with van der Waals surface area (Å²) in [6, 6.07) is 18.1. The van der Waals surface area contributed by atoms with Crippen molar-refractivity contribution in [2.45, 2.75) is 12.3 Å². The average Bonchev–Trinajstić information content (AvgIpc) is 3.17. The Hall–Kier alpha value is -2.88. The van der Waals surface area contributed by atoms with Gasteiger partial charge in [-0.15, -0.1) is 0 Å². The first-order chi connectivity index (χ1) is 12.2. The number of hydrogen-bond donors (Lipinski definition) is 0. The Labute approximate surface area is 145 Å². The number of halogens is 2. The minimum Gasteiger partial charge on any atom is -0.497 e. The Bertz CT molecular complexity index is 818. The van der Waals surface area contributed by atoms with Gasteiger partial charge in [0.25, 0.3) is 6.08 Å². The van der Waals surface area contributed by atoms with Crippen molar-refractivity contribution >= 4 is 5.57 Å². The predicted octanol–water partition coefficient (Wildman–Crippen LogP) is 6.12. The van der Waals surface area contributed by atoms with E-state index in [1.807, 2.05) is 36.4 Å². The van der Waals surface area contributed by atoms with Crippen LogP contribution < -0.4 is 4.74 Å². The summed E-state index contributed by atoms with van der Waals surface area (Å²) in [6.45, 7) is 0. The maximum Gasteiger partial charge on any atom is 0.274 e. The van der Waals surface area contributed by atoms with Crippen molar-refractivity contribution in [1.82, 2.24) is 0 Å². The second-order valence-corrected chi connectivity index (χ2v) is 5.69. The van der Waals surface area contributed by atoms with Gasteiger partial charge >= 0.3 is 0 Å². The van der Waals surface area contributed by atoms with Crippen LogP contribution in [0.2, 0.25) is 0 Å². The van der Waals surface area contributed by atoms with E-state index in [1.54, 1.807) is 43.9 Å². The molecule has 2 aromatic carbocycles. The zero-order valence-corrected chi connectivity index (χ0v) is 13.8. The second kappa shape index (κ2) is 7.79. The highest BCUT2D eigenvalue weighted by Crippen LogP contribution is 2.37. The molecule has 4 heteroatoms. The normalized spacial score (nSPS) is 11.8. The first kappa shape index (κ1) is 17.0. The highest BCUT2D eigenvalue weighted by molar-refractivity contribution is 5.68. The quantitative estimate of drug-likeness (QED) is 0.539. The molecule has 3 rings (SSSR count). The maximum atomic E-state index is 13.7. The van der Waals surface area contributed by atoms with Gasteiger partial charge < -0.3 is 9.15 Å². The zero-order chi connectivity index (χ0) is 17.6. The van der Waals surface area contributed by atoms with Gasteiger partial charge in [-0.1, -0.05) is 42.5 Å². The van der Waals surface area contributed by atoms with Crippen molar-refractivity contribution < 1.29 is 17.9 Å². The molecule has 25 heavy (non-hydrogen) atoms. The number of furan rings is 1. The van der Waals surface area contributed by atoms with Gasteiger partial charge in [0.15, 0.2) is 0 Å². The van der Waals surface area contributed by atoms with E-state index in [1.165, 1.54) is 0 Å². The van der Waals surface area contributed by atoms with Crippen molar-refractivity contribution in [2.75, 3.05) is 7.11 Å². The molecular weight excluding hydrogens is 322 g/mol. The number of rotatable bonds is 6. The summed E-state index contributed by atoms with van der Waals surface area (Å²) in [7, 11) is 1.55. The topological polar surface area (TPSA) is 22.4 Å². The van der Waals surface area contributed by atoms with E-state index in [-0.39, 0.29) is 17.9 Å². The molecule has 1 atom stereocenters. The molecule has 0 aliphatic carbocycles. The molecule has 0 saturated heterocycles. The predicted molar refractivity (Wildman–Crippen MR) is 93.7 cm³/mol. The number of hydrogen-bond acceptors (Lipinski definition) is 2. The van der Waals surface area contributed by atoms with Crippen LogP contribution in [0.4, 0.5) is 8.78 Å². The van der Waals surface area contributed by atoms with Crippen LogP contribution in [0.15, 0.2) is 83.7 Å². The highest BCUT2D eigenvalue weighted by Gasteiger charge is 2.21. The summed E-state index contributed by atoms with van der Waals surface area (Å²) in [6.07, 6.45) is 1.68. The summed E-state index contributed by atoms with van der Waals surface area (Å²) >= 11 is 0. The summed E-state index contributed by atoms with van der Waals surface area (Å²) in [5, 5.41) is 0. The van der Waals surface area contributed by atoms with Crippen LogP contribution in [0.1, 0.15) is 29.0 Å². The van der Waals surface area contributed by atoms with Gasteiger partial charge in [-0.3, -0.25) is 0 Å². The lowest BCUT2D eigenvalue weighted by Crippen LogP contribution is -2.02. The standard InChI is InChI=1S/C21H18F2O2/c1-24-18-9-7-16(8-10-18)20(21(22)23)13-19(17-11-12-25-14-17)15-5-3-2-4-6-15/h2-12,14,19H,13H2,1H3. The lowest BCUT2D eigenvalue weighted by atomic mass is 9.85. The average molecular weight is 340 g/mol. The minimum absolute atomic E-state index is 0.0257. The molecule has 0 spiro atoms. The molecule has 0 N–H and O–H groups in total. The van der Waals surface area contributed by atoms with Crippen molar-refractivity contribution in [3.63, 3.8) is 0 Å². The molecule has 0 bridgehead atoms. The molecule has 0 saturated carbocycles. The van der Waals surface area contributed by atoms with Crippen LogP contribution >= 0.6 is 0 Å². The number of benzene rings is 2. The molecular formula is C21H18F2O2. The monoisotopic (exact) mass is 340 g/mol. The van der Waals surface area contributed by atoms with Crippen LogP contribution in [-0.4, -0.2) is 7.11 Å². The fourth-order valence-electron chi connectivity index (χ4n) is 2.89. The maximum absolute atomic E-state index is 13.7. The van der Waals surface area contributed by atoms with Gasteiger partial charge in [-0.05, 0) is 41.3 Å². The minimum atomic E-state index is -1.67. The van der Waals surface area contributed by atoms with E-state index < -0.39 is 6.08 Å². The van der Waals surface area contributed by atoms with E-state index in [0.29, 0.717) is 11.3 Å². The smallest absolute Gasteiger partial charge is 0.274 e. The summed E-state index contributed by atoms with van der Waals surface area (Å²) in [5.74, 6) is 0.426. The van der Waals surface area contributed by atoms with E-state index in [0.717, 1.165) is 11.1 Å². The Morgan fingerprint density at radius 3 is 2.24 bits per heavy atom. The fourth-order valence-corrected chi connectivity index (χ4v) is 2.89. The van der Waals surface area contributed by atoms with E-state index >= 15 is 0 Å². The Morgan fingerprint density at radius 1 is 0.960 bits per heavy atom. The molecule has 2 nitrogen and oxygen atoms in total. The number of allylic oxidation sites excluding steroid dienone is 1. The van der Waals surface area contributed by atoms with Crippen molar-refractivity contribution in [3.8, 4) is 5.75 Å². The van der Waals surface area contributed by atoms with E-state index in [4.69, 9.17) is 9.15 Å². The van der Waals surface area contributed by atoms with Crippen molar-refractivity contribution in [3.05, 3.63) is 96.0 Å². The van der Waals surface area contributed by atoms with Gasteiger partial charge in [-0.2, -0.15) is 8.78 Å². The molecule has 0 aliphatic rings. The Kier molecular flexibility index (Phi) is 5.29. The van der Waals surface area contributed by atoms with Gasteiger partial charge in [0.2, 0.25) is 0 Å². The largest absolute Gasteiger partial charge is 0.497 e. The molecule has 1 unspecified atom stereocenters. The molecule has 1 aromatic heterocycles. The van der Waals surface area contributed by atoms with Crippen LogP contribution in [0.5, 0.6) is 5.75 Å². The summed E-state index contributed by atoms with van der Waals surface area (Å²) in [4.78, 5) is 0. The fraction of sp³-hybridized carbons (Fsp3) is 0.143. The Balaban J connectivity index is 1.97. The van der Waals surface area contributed by atoms with Crippen LogP contribution in [-0.2, 0) is 0 Å². The zero-order valence-electron chi connectivity index (χ0n) is 13.8. The molecule has 128 valence electrons. The lowest BCUT2D eigenvalue weighted by molar-refractivity contribution is 0.414. The third kappa shape index (κ3) is 3.97. The van der Waals surface area contributed by atoms with Crippen LogP contribution in [0.3, 0.4) is 0 Å². The highest BCUT2D eigenvalue weighted by atomic mass is 19.3. The molecule has 0 radical (unpaired) electrons. The summed E-state index contributed by atoms with van der Waals surface area (Å²) in [5.41, 5.74) is 2.36. The molecule has 3 aromatic rings. The number of methoxy groups -OCH3 is 1. The van der Waals surface area contributed by atoms with E-state index in [9.17, 15) is 8.78 Å². The van der Waals surface area contributed by atoms with Crippen molar-refractivity contribution in [1.29, 1.82) is 0 Å². The SMILES string of the molecule is COc1ccc(C(CC(c2ccccc2)c2ccoc2)=C(F)F)cc1. The summed E-state index contributed by atoms with van der Waals surface area (Å²) < 4.78 is 37.7. The third-order valence-corrected chi connectivity index (χ3v) is 4.22.